The summed E-state index contributed by atoms with van der Waals surface area (Å²) in [5.41, 5.74) is 0.454. The summed E-state index contributed by atoms with van der Waals surface area (Å²) in [5, 5.41) is 11.2. The van der Waals surface area contributed by atoms with Gasteiger partial charge in [-0.1, -0.05) is 18.2 Å². The SMILES string of the molecule is CCOC(=O)c1ccc2cccc(O)c2c1. The number of rotatable bonds is 2. The number of fused-ring (bicyclic) bond motifs is 1. The van der Waals surface area contributed by atoms with E-state index in [1.54, 1.807) is 37.3 Å². The van der Waals surface area contributed by atoms with Crippen LogP contribution >= 0.6 is 0 Å². The van der Waals surface area contributed by atoms with Crippen molar-refractivity contribution in [3.05, 3.63) is 42.0 Å². The Labute approximate surface area is 93.3 Å². The van der Waals surface area contributed by atoms with E-state index in [9.17, 15) is 9.90 Å². The van der Waals surface area contributed by atoms with Gasteiger partial charge in [-0.15, -0.1) is 0 Å². The smallest absolute Gasteiger partial charge is 0.338 e. The van der Waals surface area contributed by atoms with Crippen molar-refractivity contribution in [2.45, 2.75) is 6.92 Å². The summed E-state index contributed by atoms with van der Waals surface area (Å²) >= 11 is 0. The summed E-state index contributed by atoms with van der Waals surface area (Å²) < 4.78 is 4.90. The van der Waals surface area contributed by atoms with Crippen LogP contribution in [0.3, 0.4) is 0 Å². The van der Waals surface area contributed by atoms with E-state index in [1.807, 2.05) is 6.07 Å². The van der Waals surface area contributed by atoms with Crippen LogP contribution in [0.1, 0.15) is 17.3 Å². The molecule has 2 rings (SSSR count). The highest BCUT2D eigenvalue weighted by Crippen LogP contribution is 2.25. The van der Waals surface area contributed by atoms with Crippen molar-refractivity contribution >= 4 is 16.7 Å². The van der Waals surface area contributed by atoms with Gasteiger partial charge >= 0.3 is 5.97 Å². The molecule has 16 heavy (non-hydrogen) atoms. The lowest BCUT2D eigenvalue weighted by Crippen LogP contribution is -2.04. The van der Waals surface area contributed by atoms with Crippen LogP contribution in [0.2, 0.25) is 0 Å². The van der Waals surface area contributed by atoms with Gasteiger partial charge in [0, 0.05) is 5.39 Å². The first-order chi connectivity index (χ1) is 7.72. The lowest BCUT2D eigenvalue weighted by atomic mass is 10.1. The average molecular weight is 216 g/mol. The second kappa shape index (κ2) is 4.23. The third kappa shape index (κ3) is 1.84. The maximum atomic E-state index is 11.5. The van der Waals surface area contributed by atoms with Crippen LogP contribution in [0.15, 0.2) is 36.4 Å². The molecule has 1 N–H and O–H groups in total. The molecule has 0 heterocycles. The predicted octanol–water partition coefficient (Wildman–Crippen LogP) is 2.72. The Balaban J connectivity index is 2.51. The molecule has 0 amide bonds. The Hall–Kier alpha value is -2.03. The van der Waals surface area contributed by atoms with Crippen LogP contribution in [0.5, 0.6) is 5.75 Å². The summed E-state index contributed by atoms with van der Waals surface area (Å²) in [4.78, 5) is 11.5. The van der Waals surface area contributed by atoms with E-state index in [-0.39, 0.29) is 11.7 Å². The normalized spacial score (nSPS) is 10.3. The molecule has 0 aliphatic carbocycles. The standard InChI is InChI=1S/C13H12O3/c1-2-16-13(15)10-7-6-9-4-3-5-12(14)11(9)8-10/h3-8,14H,2H2,1H3. The molecule has 3 nitrogen and oxygen atoms in total. The van der Waals surface area contributed by atoms with Crippen LogP contribution in [-0.2, 0) is 4.74 Å². The first-order valence-corrected chi connectivity index (χ1v) is 5.11. The number of phenolic OH excluding ortho intramolecular Hbond substituents is 1. The highest BCUT2D eigenvalue weighted by Gasteiger charge is 2.08. The van der Waals surface area contributed by atoms with E-state index in [2.05, 4.69) is 0 Å². The van der Waals surface area contributed by atoms with Crippen LogP contribution in [0.25, 0.3) is 10.8 Å². The minimum Gasteiger partial charge on any atom is -0.507 e. The molecule has 2 aromatic rings. The third-order valence-corrected chi connectivity index (χ3v) is 2.37. The topological polar surface area (TPSA) is 46.5 Å². The zero-order chi connectivity index (χ0) is 11.5. The van der Waals surface area contributed by atoms with Gasteiger partial charge in [-0.2, -0.15) is 0 Å². The van der Waals surface area contributed by atoms with E-state index in [1.165, 1.54) is 0 Å². The molecule has 0 saturated heterocycles. The zero-order valence-corrected chi connectivity index (χ0v) is 8.93. The molecular weight excluding hydrogens is 204 g/mol. The second-order valence-electron chi connectivity index (χ2n) is 3.43. The molecule has 0 atom stereocenters. The largest absolute Gasteiger partial charge is 0.507 e. The Kier molecular flexibility index (Phi) is 2.77. The maximum Gasteiger partial charge on any atom is 0.338 e. The number of carbonyl (C=O) groups excluding carboxylic acids is 1. The van der Waals surface area contributed by atoms with Crippen LogP contribution < -0.4 is 0 Å². The quantitative estimate of drug-likeness (QED) is 0.785. The predicted molar refractivity (Wildman–Crippen MR) is 61.6 cm³/mol. The average Bonchev–Trinajstić information content (AvgIpc) is 2.29. The molecule has 0 aliphatic rings. The van der Waals surface area contributed by atoms with Gasteiger partial charge in [-0.25, -0.2) is 4.79 Å². The minimum atomic E-state index is -0.368. The third-order valence-electron chi connectivity index (χ3n) is 2.37. The fourth-order valence-corrected chi connectivity index (χ4v) is 1.60. The minimum absolute atomic E-state index is 0.170. The molecular formula is C13H12O3. The van der Waals surface area contributed by atoms with Crippen LogP contribution in [0, 0.1) is 0 Å². The van der Waals surface area contributed by atoms with E-state index in [0.29, 0.717) is 17.6 Å². The highest BCUT2D eigenvalue weighted by atomic mass is 16.5. The lowest BCUT2D eigenvalue weighted by Gasteiger charge is -2.04. The number of aromatic hydroxyl groups is 1. The number of carbonyl (C=O) groups is 1. The number of esters is 1. The fourth-order valence-electron chi connectivity index (χ4n) is 1.60. The molecule has 0 aliphatic heterocycles. The molecule has 0 bridgehead atoms. The van der Waals surface area contributed by atoms with Crippen LogP contribution in [0.4, 0.5) is 0 Å². The molecule has 0 aromatic heterocycles. The molecule has 0 unspecified atom stereocenters. The summed E-state index contributed by atoms with van der Waals surface area (Å²) in [6, 6.07) is 10.4. The van der Waals surface area contributed by atoms with Crippen molar-refractivity contribution in [1.29, 1.82) is 0 Å². The number of ether oxygens (including phenoxy) is 1. The molecule has 0 saturated carbocycles. The molecule has 0 fully saturated rings. The van der Waals surface area contributed by atoms with Crippen molar-refractivity contribution in [1.82, 2.24) is 0 Å². The number of hydrogen-bond acceptors (Lipinski definition) is 3. The number of benzene rings is 2. The summed E-state index contributed by atoms with van der Waals surface area (Å²) in [7, 11) is 0. The van der Waals surface area contributed by atoms with Crippen molar-refractivity contribution in [2.75, 3.05) is 6.61 Å². The maximum absolute atomic E-state index is 11.5. The second-order valence-corrected chi connectivity index (χ2v) is 3.43. The van der Waals surface area contributed by atoms with Gasteiger partial charge in [0.05, 0.1) is 12.2 Å². The van der Waals surface area contributed by atoms with E-state index in [4.69, 9.17) is 4.74 Å². The van der Waals surface area contributed by atoms with Gasteiger partial charge in [0.2, 0.25) is 0 Å². The first-order valence-electron chi connectivity index (χ1n) is 5.11. The summed E-state index contributed by atoms with van der Waals surface area (Å²) in [6.07, 6.45) is 0. The van der Waals surface area contributed by atoms with Crippen molar-refractivity contribution in [3.8, 4) is 5.75 Å². The van der Waals surface area contributed by atoms with E-state index in [0.717, 1.165) is 5.39 Å². The zero-order valence-electron chi connectivity index (χ0n) is 8.93. The summed E-state index contributed by atoms with van der Waals surface area (Å²) in [5.74, 6) is -0.198. The van der Waals surface area contributed by atoms with E-state index < -0.39 is 0 Å². The Morgan fingerprint density at radius 3 is 2.88 bits per heavy atom. The monoisotopic (exact) mass is 216 g/mol. The number of phenols is 1. The fraction of sp³-hybridized carbons (Fsp3) is 0.154. The van der Waals surface area contributed by atoms with Crippen molar-refractivity contribution in [3.63, 3.8) is 0 Å². The molecule has 2 aromatic carbocycles. The summed E-state index contributed by atoms with van der Waals surface area (Å²) in [6.45, 7) is 2.11. The first kappa shape index (κ1) is 10.5. The van der Waals surface area contributed by atoms with Gasteiger partial charge in [0.25, 0.3) is 0 Å². The van der Waals surface area contributed by atoms with Gasteiger partial charge in [0.15, 0.2) is 0 Å². The molecule has 3 heteroatoms. The van der Waals surface area contributed by atoms with Gasteiger partial charge < -0.3 is 9.84 Å². The van der Waals surface area contributed by atoms with Gasteiger partial charge in [-0.05, 0) is 30.5 Å². The van der Waals surface area contributed by atoms with E-state index >= 15 is 0 Å². The molecule has 0 radical (unpaired) electrons. The van der Waals surface area contributed by atoms with Gasteiger partial charge in [-0.3, -0.25) is 0 Å². The van der Waals surface area contributed by atoms with Crippen LogP contribution in [-0.4, -0.2) is 17.7 Å². The number of hydrogen-bond donors (Lipinski definition) is 1. The lowest BCUT2D eigenvalue weighted by molar-refractivity contribution is 0.0526. The molecule has 82 valence electrons. The Morgan fingerprint density at radius 1 is 1.31 bits per heavy atom. The highest BCUT2D eigenvalue weighted by molar-refractivity contribution is 5.97. The van der Waals surface area contributed by atoms with Crippen molar-refractivity contribution in [2.24, 2.45) is 0 Å². The Morgan fingerprint density at radius 2 is 2.12 bits per heavy atom. The van der Waals surface area contributed by atoms with Crippen molar-refractivity contribution < 1.29 is 14.6 Å². The Bertz CT molecular complexity index is 532. The van der Waals surface area contributed by atoms with Gasteiger partial charge in [0.1, 0.15) is 5.75 Å². The molecule has 0 spiro atoms.